The van der Waals surface area contributed by atoms with Crippen molar-refractivity contribution in [1.29, 1.82) is 0 Å². The van der Waals surface area contributed by atoms with Gasteiger partial charge in [-0.2, -0.15) is 0 Å². The average Bonchev–Trinajstić information content (AvgIpc) is 2.72. The van der Waals surface area contributed by atoms with Gasteiger partial charge in [-0.25, -0.2) is 4.98 Å². The van der Waals surface area contributed by atoms with E-state index in [4.69, 9.17) is 4.98 Å². The summed E-state index contributed by atoms with van der Waals surface area (Å²) < 4.78 is 0. The molecular formula is C26H26N2. The van der Waals surface area contributed by atoms with Crippen molar-refractivity contribution in [2.24, 2.45) is 5.92 Å². The topological polar surface area (TPSA) is 16.1 Å². The highest BCUT2D eigenvalue weighted by molar-refractivity contribution is 6.09. The van der Waals surface area contributed by atoms with Crippen LogP contribution < -0.4 is 4.90 Å². The Morgan fingerprint density at radius 1 is 0.893 bits per heavy atom. The van der Waals surface area contributed by atoms with Crippen molar-refractivity contribution >= 4 is 27.4 Å². The third-order valence-electron chi connectivity index (χ3n) is 6.19. The molecule has 5 rings (SSSR count). The van der Waals surface area contributed by atoms with E-state index >= 15 is 0 Å². The van der Waals surface area contributed by atoms with Crippen molar-refractivity contribution in [3.63, 3.8) is 0 Å². The van der Waals surface area contributed by atoms with Crippen LogP contribution in [-0.2, 0) is 12.8 Å². The van der Waals surface area contributed by atoms with Gasteiger partial charge >= 0.3 is 0 Å². The van der Waals surface area contributed by atoms with Crippen molar-refractivity contribution in [3.8, 4) is 11.3 Å². The van der Waals surface area contributed by atoms with Crippen LogP contribution in [-0.4, -0.2) is 19.1 Å². The van der Waals surface area contributed by atoms with Gasteiger partial charge in [-0.05, 0) is 65.3 Å². The number of benzene rings is 3. The molecule has 1 aliphatic carbocycles. The van der Waals surface area contributed by atoms with Gasteiger partial charge in [-0.15, -0.1) is 0 Å². The lowest BCUT2D eigenvalue weighted by atomic mass is 9.80. The van der Waals surface area contributed by atoms with E-state index in [1.165, 1.54) is 50.7 Å². The highest BCUT2D eigenvalue weighted by Gasteiger charge is 2.23. The first-order chi connectivity index (χ1) is 13.6. The lowest BCUT2D eigenvalue weighted by Crippen LogP contribution is -2.14. The average molecular weight is 367 g/mol. The van der Waals surface area contributed by atoms with Gasteiger partial charge in [0.2, 0.25) is 0 Å². The third-order valence-corrected chi connectivity index (χ3v) is 6.19. The summed E-state index contributed by atoms with van der Waals surface area (Å²) in [6.07, 6.45) is 3.51. The summed E-state index contributed by atoms with van der Waals surface area (Å²) in [5, 5.41) is 4.01. The van der Waals surface area contributed by atoms with Gasteiger partial charge in [-0.3, -0.25) is 0 Å². The van der Waals surface area contributed by atoms with E-state index in [0.29, 0.717) is 0 Å². The standard InChI is InChI=1S/C26H26N2/c1-17-8-14-22-23(16-17)25-21-7-5-4-6-18(21)11-15-24(25)27-26(22)19-9-12-20(13-10-19)28(2)3/h4-7,9-13,15,17H,8,14,16H2,1-3H3/t17-/m0/s1. The highest BCUT2D eigenvalue weighted by atomic mass is 15.1. The SMILES string of the molecule is C[C@H]1CCc2c(-c3ccc(N(C)C)cc3)nc3ccc4ccccc4c3c2C1. The second-order valence-electron chi connectivity index (χ2n) is 8.39. The highest BCUT2D eigenvalue weighted by Crippen LogP contribution is 2.39. The lowest BCUT2D eigenvalue weighted by molar-refractivity contribution is 0.503. The Bertz CT molecular complexity index is 1170. The first-order valence-electron chi connectivity index (χ1n) is 10.2. The van der Waals surface area contributed by atoms with E-state index in [1.54, 1.807) is 0 Å². The van der Waals surface area contributed by atoms with Crippen LogP contribution >= 0.6 is 0 Å². The van der Waals surface area contributed by atoms with E-state index in [9.17, 15) is 0 Å². The number of anilines is 1. The maximum Gasteiger partial charge on any atom is 0.0744 e. The van der Waals surface area contributed by atoms with Crippen LogP contribution in [0.5, 0.6) is 0 Å². The predicted molar refractivity (Wildman–Crippen MR) is 120 cm³/mol. The van der Waals surface area contributed by atoms with Crippen LogP contribution in [0.25, 0.3) is 32.9 Å². The molecule has 2 nitrogen and oxygen atoms in total. The zero-order chi connectivity index (χ0) is 19.3. The molecule has 0 saturated carbocycles. The predicted octanol–water partition coefficient (Wildman–Crippen LogP) is 6.25. The smallest absolute Gasteiger partial charge is 0.0744 e. The zero-order valence-electron chi connectivity index (χ0n) is 16.9. The monoisotopic (exact) mass is 366 g/mol. The molecule has 0 spiro atoms. The van der Waals surface area contributed by atoms with E-state index in [2.05, 4.69) is 86.6 Å². The number of pyridine rings is 1. The normalized spacial score (nSPS) is 16.3. The van der Waals surface area contributed by atoms with Gasteiger partial charge in [0.25, 0.3) is 0 Å². The number of hydrogen-bond donors (Lipinski definition) is 0. The zero-order valence-corrected chi connectivity index (χ0v) is 16.9. The van der Waals surface area contributed by atoms with E-state index in [1.807, 2.05) is 0 Å². The Hall–Kier alpha value is -2.87. The number of nitrogens with zero attached hydrogens (tertiary/aromatic N) is 2. The summed E-state index contributed by atoms with van der Waals surface area (Å²) in [7, 11) is 4.16. The molecule has 4 aromatic rings. The fraction of sp³-hybridized carbons (Fsp3) is 0.269. The molecule has 1 heterocycles. The summed E-state index contributed by atoms with van der Waals surface area (Å²) in [6.45, 7) is 2.38. The van der Waals surface area contributed by atoms with Crippen LogP contribution in [0.1, 0.15) is 24.5 Å². The second-order valence-corrected chi connectivity index (χ2v) is 8.39. The molecule has 0 radical (unpaired) electrons. The van der Waals surface area contributed by atoms with E-state index in [0.717, 1.165) is 24.3 Å². The molecule has 0 saturated heterocycles. The Labute approximate surface area is 166 Å². The molecular weight excluding hydrogens is 340 g/mol. The quantitative estimate of drug-likeness (QED) is 0.390. The van der Waals surface area contributed by atoms with Crippen molar-refractivity contribution in [3.05, 3.63) is 71.8 Å². The summed E-state index contributed by atoms with van der Waals surface area (Å²) in [5.41, 5.74) is 7.73. The van der Waals surface area contributed by atoms with Gasteiger partial charge in [-0.1, -0.05) is 49.4 Å². The minimum atomic E-state index is 0.723. The molecule has 0 aliphatic heterocycles. The summed E-state index contributed by atoms with van der Waals surface area (Å²) >= 11 is 0. The first-order valence-corrected chi connectivity index (χ1v) is 10.2. The molecule has 0 bridgehead atoms. The maximum atomic E-state index is 5.19. The second kappa shape index (κ2) is 6.63. The molecule has 2 heteroatoms. The first kappa shape index (κ1) is 17.2. The van der Waals surface area contributed by atoms with Crippen LogP contribution in [0.2, 0.25) is 0 Å². The summed E-state index contributed by atoms with van der Waals surface area (Å²) in [4.78, 5) is 7.33. The van der Waals surface area contributed by atoms with Crippen molar-refractivity contribution in [1.82, 2.24) is 4.98 Å². The minimum absolute atomic E-state index is 0.723. The van der Waals surface area contributed by atoms with Crippen molar-refractivity contribution in [2.75, 3.05) is 19.0 Å². The minimum Gasteiger partial charge on any atom is -0.378 e. The Kier molecular flexibility index (Phi) is 4.08. The molecule has 0 fully saturated rings. The van der Waals surface area contributed by atoms with Crippen molar-refractivity contribution in [2.45, 2.75) is 26.2 Å². The maximum absolute atomic E-state index is 5.19. The van der Waals surface area contributed by atoms with Gasteiger partial charge in [0.15, 0.2) is 0 Å². The molecule has 0 unspecified atom stereocenters. The van der Waals surface area contributed by atoms with Crippen LogP contribution in [0.3, 0.4) is 0 Å². The molecule has 0 amide bonds. The fourth-order valence-electron chi connectivity index (χ4n) is 4.64. The molecule has 28 heavy (non-hydrogen) atoms. The molecule has 3 aromatic carbocycles. The number of rotatable bonds is 2. The molecule has 0 N–H and O–H groups in total. The number of hydrogen-bond acceptors (Lipinski definition) is 2. The Morgan fingerprint density at radius 3 is 2.46 bits per heavy atom. The van der Waals surface area contributed by atoms with Gasteiger partial charge in [0.05, 0.1) is 11.2 Å². The van der Waals surface area contributed by atoms with Gasteiger partial charge in [0.1, 0.15) is 0 Å². The van der Waals surface area contributed by atoms with Gasteiger partial charge < -0.3 is 4.90 Å². The van der Waals surface area contributed by atoms with E-state index < -0.39 is 0 Å². The number of aromatic nitrogens is 1. The van der Waals surface area contributed by atoms with Crippen LogP contribution in [0, 0.1) is 5.92 Å². The Balaban J connectivity index is 1.80. The molecule has 1 aromatic heterocycles. The fourth-order valence-corrected chi connectivity index (χ4v) is 4.64. The summed E-state index contributed by atoms with van der Waals surface area (Å²) in [5.74, 6) is 0.723. The van der Waals surface area contributed by atoms with Gasteiger partial charge in [0, 0.05) is 30.7 Å². The molecule has 140 valence electrons. The third kappa shape index (κ3) is 2.75. The lowest BCUT2D eigenvalue weighted by Gasteiger charge is -2.26. The summed E-state index contributed by atoms with van der Waals surface area (Å²) in [6, 6.07) is 22.0. The Morgan fingerprint density at radius 2 is 1.68 bits per heavy atom. The van der Waals surface area contributed by atoms with Crippen LogP contribution in [0.15, 0.2) is 60.7 Å². The number of fused-ring (bicyclic) bond motifs is 5. The largest absolute Gasteiger partial charge is 0.378 e. The molecule has 1 atom stereocenters. The van der Waals surface area contributed by atoms with Crippen molar-refractivity contribution < 1.29 is 0 Å². The van der Waals surface area contributed by atoms with Crippen LogP contribution in [0.4, 0.5) is 5.69 Å². The van der Waals surface area contributed by atoms with E-state index in [-0.39, 0.29) is 0 Å². The molecule has 1 aliphatic rings.